The molecule has 0 aromatic heterocycles. The van der Waals surface area contributed by atoms with Crippen LogP contribution in [0.25, 0.3) is 0 Å². The van der Waals surface area contributed by atoms with E-state index in [1.807, 2.05) is 13.8 Å². The van der Waals surface area contributed by atoms with E-state index in [4.69, 9.17) is 9.47 Å². The van der Waals surface area contributed by atoms with Gasteiger partial charge in [0.05, 0.1) is 14.2 Å². The van der Waals surface area contributed by atoms with E-state index < -0.39 is 23.4 Å². The molecule has 32 heavy (non-hydrogen) atoms. The Morgan fingerprint density at radius 1 is 0.781 bits per heavy atom. The largest absolute Gasteiger partial charge is 0.497 e. The number of amides is 1. The van der Waals surface area contributed by atoms with Crippen LogP contribution >= 0.6 is 0 Å². The number of rotatable bonds is 13. The van der Waals surface area contributed by atoms with Crippen LogP contribution in [0, 0.1) is 0 Å². The molecule has 0 aliphatic carbocycles. The number of ketones is 2. The highest BCUT2D eigenvalue weighted by molar-refractivity contribution is 6.43. The second kappa shape index (κ2) is 12.6. The summed E-state index contributed by atoms with van der Waals surface area (Å²) in [6.45, 7) is 5.09. The van der Waals surface area contributed by atoms with Crippen LogP contribution in [0.3, 0.4) is 0 Å². The highest BCUT2D eigenvalue weighted by Crippen LogP contribution is 2.26. The zero-order valence-electron chi connectivity index (χ0n) is 19.4. The van der Waals surface area contributed by atoms with E-state index in [0.717, 1.165) is 25.7 Å². The Bertz CT molecular complexity index is 881. The summed E-state index contributed by atoms with van der Waals surface area (Å²) in [7, 11) is 3.09. The molecule has 0 bridgehead atoms. The Morgan fingerprint density at radius 3 is 1.69 bits per heavy atom. The molecular formula is C26H33NO5. The highest BCUT2D eigenvalue weighted by atomic mass is 16.5. The van der Waals surface area contributed by atoms with Crippen LogP contribution in [0.1, 0.15) is 61.4 Å². The molecule has 1 atom stereocenters. The van der Waals surface area contributed by atoms with Gasteiger partial charge in [0.2, 0.25) is 5.78 Å². The van der Waals surface area contributed by atoms with Crippen molar-refractivity contribution in [2.45, 2.75) is 45.4 Å². The summed E-state index contributed by atoms with van der Waals surface area (Å²) >= 11 is 0. The van der Waals surface area contributed by atoms with Crippen LogP contribution in [-0.4, -0.2) is 49.7 Å². The number of hydrogen-bond donors (Lipinski definition) is 0. The summed E-state index contributed by atoms with van der Waals surface area (Å²) in [6, 6.07) is 13.3. The molecule has 1 amide bonds. The molecule has 0 aliphatic rings. The summed E-state index contributed by atoms with van der Waals surface area (Å²) in [6.07, 6.45) is 3.44. The van der Waals surface area contributed by atoms with Gasteiger partial charge in [-0.2, -0.15) is 0 Å². The van der Waals surface area contributed by atoms with Crippen LogP contribution < -0.4 is 9.47 Å². The lowest BCUT2D eigenvalue weighted by molar-refractivity contribution is -0.145. The number of Topliss-reactive ketones (excluding diaryl/α,β-unsaturated/α-hetero) is 2. The van der Waals surface area contributed by atoms with Crippen LogP contribution in [0.15, 0.2) is 48.5 Å². The van der Waals surface area contributed by atoms with Gasteiger partial charge in [-0.3, -0.25) is 14.4 Å². The summed E-state index contributed by atoms with van der Waals surface area (Å²) in [5.74, 6) is -1.72. The molecule has 172 valence electrons. The summed E-state index contributed by atoms with van der Waals surface area (Å²) in [5, 5.41) is 0. The lowest BCUT2D eigenvalue weighted by Crippen LogP contribution is -2.42. The van der Waals surface area contributed by atoms with Crippen LogP contribution in [0.4, 0.5) is 0 Å². The average Bonchev–Trinajstić information content (AvgIpc) is 2.84. The average molecular weight is 440 g/mol. The van der Waals surface area contributed by atoms with Crippen molar-refractivity contribution in [3.05, 3.63) is 59.7 Å². The van der Waals surface area contributed by atoms with E-state index in [-0.39, 0.29) is 0 Å². The summed E-state index contributed by atoms with van der Waals surface area (Å²) in [4.78, 5) is 41.7. The standard InChI is InChI=1S/C26H33NO5/c1-5-7-17-27(18-8-6-2)26(30)25(29)23(19-9-13-21(31-3)14-10-19)24(28)20-11-15-22(32-4)16-12-20/h9-16,23H,5-8,17-18H2,1-4H3. The van der Waals surface area contributed by atoms with Crippen molar-refractivity contribution in [1.82, 2.24) is 4.90 Å². The SMILES string of the molecule is CCCCN(CCCC)C(=O)C(=O)C(C(=O)c1ccc(OC)cc1)c1ccc(OC)cc1. The van der Waals surface area contributed by atoms with Gasteiger partial charge >= 0.3 is 0 Å². The number of carbonyl (C=O) groups is 3. The summed E-state index contributed by atoms with van der Waals surface area (Å²) in [5.41, 5.74) is 0.817. The Balaban J connectivity index is 2.41. The third-order valence-electron chi connectivity index (χ3n) is 5.41. The molecule has 0 N–H and O–H groups in total. The quantitative estimate of drug-likeness (QED) is 0.258. The molecular weight excluding hydrogens is 406 g/mol. The van der Waals surface area contributed by atoms with Gasteiger partial charge in [-0.1, -0.05) is 38.8 Å². The number of methoxy groups -OCH3 is 2. The molecule has 2 aromatic carbocycles. The lowest BCUT2D eigenvalue weighted by atomic mass is 9.86. The van der Waals surface area contributed by atoms with Gasteiger partial charge in [-0.15, -0.1) is 0 Å². The number of ether oxygens (including phenoxy) is 2. The lowest BCUT2D eigenvalue weighted by Gasteiger charge is -2.24. The van der Waals surface area contributed by atoms with E-state index in [9.17, 15) is 14.4 Å². The minimum absolute atomic E-state index is 0.349. The number of benzene rings is 2. The number of unbranched alkanes of at least 4 members (excludes halogenated alkanes) is 2. The predicted molar refractivity (Wildman–Crippen MR) is 124 cm³/mol. The fraction of sp³-hybridized carbons (Fsp3) is 0.423. The van der Waals surface area contributed by atoms with Crippen molar-refractivity contribution in [2.75, 3.05) is 27.3 Å². The van der Waals surface area contributed by atoms with E-state index in [0.29, 0.717) is 35.7 Å². The highest BCUT2D eigenvalue weighted by Gasteiger charge is 2.36. The second-order valence-corrected chi connectivity index (χ2v) is 7.66. The third-order valence-corrected chi connectivity index (χ3v) is 5.41. The number of carbonyl (C=O) groups excluding carboxylic acids is 3. The maximum Gasteiger partial charge on any atom is 0.291 e. The topological polar surface area (TPSA) is 72.9 Å². The van der Waals surface area contributed by atoms with E-state index >= 15 is 0 Å². The molecule has 0 fully saturated rings. The van der Waals surface area contributed by atoms with Crippen molar-refractivity contribution >= 4 is 17.5 Å². The summed E-state index contributed by atoms with van der Waals surface area (Å²) < 4.78 is 10.4. The minimum atomic E-state index is -1.22. The van der Waals surface area contributed by atoms with Gasteiger partial charge < -0.3 is 14.4 Å². The maximum absolute atomic E-state index is 13.4. The molecule has 0 radical (unpaired) electrons. The monoisotopic (exact) mass is 439 g/mol. The number of hydrogen-bond acceptors (Lipinski definition) is 5. The minimum Gasteiger partial charge on any atom is -0.497 e. The van der Waals surface area contributed by atoms with Crippen LogP contribution in [0.2, 0.25) is 0 Å². The molecule has 2 aromatic rings. The van der Waals surface area contributed by atoms with Gasteiger partial charge in [0, 0.05) is 18.7 Å². The Kier molecular flexibility index (Phi) is 9.92. The van der Waals surface area contributed by atoms with Gasteiger partial charge in [0.25, 0.3) is 5.91 Å². The van der Waals surface area contributed by atoms with Gasteiger partial charge in [0.15, 0.2) is 5.78 Å². The first-order valence-electron chi connectivity index (χ1n) is 11.1. The molecule has 0 saturated heterocycles. The first-order valence-corrected chi connectivity index (χ1v) is 11.1. The Hall–Kier alpha value is -3.15. The van der Waals surface area contributed by atoms with Crippen LogP contribution in [0.5, 0.6) is 11.5 Å². The molecule has 1 unspecified atom stereocenters. The maximum atomic E-state index is 13.4. The molecule has 0 saturated carbocycles. The molecule has 0 aliphatic heterocycles. The number of nitrogens with zero attached hydrogens (tertiary/aromatic N) is 1. The third kappa shape index (κ3) is 6.42. The fourth-order valence-electron chi connectivity index (χ4n) is 3.43. The zero-order valence-corrected chi connectivity index (χ0v) is 19.4. The molecule has 0 heterocycles. The van der Waals surface area contributed by atoms with Gasteiger partial charge in [-0.05, 0) is 54.8 Å². The zero-order chi connectivity index (χ0) is 23.5. The van der Waals surface area contributed by atoms with Crippen molar-refractivity contribution in [1.29, 1.82) is 0 Å². The first kappa shape index (κ1) is 25.1. The Labute approximate surface area is 190 Å². The smallest absolute Gasteiger partial charge is 0.291 e. The van der Waals surface area contributed by atoms with E-state index in [1.54, 1.807) is 67.7 Å². The van der Waals surface area contributed by atoms with Crippen molar-refractivity contribution < 1.29 is 23.9 Å². The van der Waals surface area contributed by atoms with Crippen LogP contribution in [-0.2, 0) is 9.59 Å². The van der Waals surface area contributed by atoms with Gasteiger partial charge in [0.1, 0.15) is 17.4 Å². The molecule has 2 rings (SSSR count). The Morgan fingerprint density at radius 2 is 1.25 bits per heavy atom. The molecule has 0 spiro atoms. The molecule has 6 heteroatoms. The van der Waals surface area contributed by atoms with Crippen molar-refractivity contribution in [3.8, 4) is 11.5 Å². The van der Waals surface area contributed by atoms with E-state index in [1.165, 1.54) is 0 Å². The second-order valence-electron chi connectivity index (χ2n) is 7.66. The van der Waals surface area contributed by atoms with Crippen molar-refractivity contribution in [3.63, 3.8) is 0 Å². The predicted octanol–water partition coefficient (Wildman–Crippen LogP) is 4.67. The molecule has 6 nitrogen and oxygen atoms in total. The van der Waals surface area contributed by atoms with Crippen molar-refractivity contribution in [2.24, 2.45) is 0 Å². The van der Waals surface area contributed by atoms with E-state index in [2.05, 4.69) is 0 Å². The first-order chi connectivity index (χ1) is 15.5. The normalized spacial score (nSPS) is 11.5. The van der Waals surface area contributed by atoms with Gasteiger partial charge in [-0.25, -0.2) is 0 Å². The fourth-order valence-corrected chi connectivity index (χ4v) is 3.43.